The number of carbonyl (C=O) groups excluding carboxylic acids is 1. The number of hydrogen-bond acceptors (Lipinski definition) is 8. The van der Waals surface area contributed by atoms with E-state index in [9.17, 15) is 9.90 Å². The van der Waals surface area contributed by atoms with Crippen LogP contribution in [0, 0.1) is 0 Å². The highest BCUT2D eigenvalue weighted by Gasteiger charge is 2.33. The van der Waals surface area contributed by atoms with Crippen molar-refractivity contribution in [2.75, 3.05) is 33.0 Å². The molecule has 222 valence electrons. The Labute approximate surface area is 249 Å². The number of piperazine rings is 1. The molecule has 1 N–H and O–H groups in total. The Morgan fingerprint density at radius 3 is 2.51 bits per heavy atom. The lowest BCUT2D eigenvalue weighted by Crippen LogP contribution is -2.49. The second-order valence-corrected chi connectivity index (χ2v) is 11.1. The highest BCUT2D eigenvalue weighted by atomic mass is 16.7. The van der Waals surface area contributed by atoms with Gasteiger partial charge < -0.3 is 33.4 Å². The van der Waals surface area contributed by atoms with Crippen molar-refractivity contribution in [2.45, 2.75) is 38.4 Å². The minimum Gasteiger partial charge on any atom is -0.464 e. The molecule has 0 bridgehead atoms. The van der Waals surface area contributed by atoms with Crippen LogP contribution in [0.5, 0.6) is 11.5 Å². The van der Waals surface area contributed by atoms with E-state index in [0.29, 0.717) is 31.9 Å². The highest BCUT2D eigenvalue weighted by Crippen LogP contribution is 2.37. The van der Waals surface area contributed by atoms with Crippen LogP contribution in [0.4, 0.5) is 0 Å². The lowest BCUT2D eigenvalue weighted by Gasteiger charge is -2.36. The number of carbonyl (C=O) groups is 1. The number of furan rings is 1. The molecule has 4 heterocycles. The maximum absolute atomic E-state index is 13.8. The van der Waals surface area contributed by atoms with E-state index in [1.54, 1.807) is 6.26 Å². The van der Waals surface area contributed by atoms with Gasteiger partial charge in [0.15, 0.2) is 17.3 Å². The van der Waals surface area contributed by atoms with E-state index in [-0.39, 0.29) is 25.2 Å². The number of para-hydroxylation sites is 1. The largest absolute Gasteiger partial charge is 0.464 e. The molecule has 1 amide bonds. The molecule has 9 heteroatoms. The Morgan fingerprint density at radius 1 is 0.907 bits per heavy atom. The number of hydrogen-bond donors (Lipinski definition) is 1. The second-order valence-electron chi connectivity index (χ2n) is 11.1. The zero-order valence-electron chi connectivity index (χ0n) is 23.8. The Hall–Kier alpha value is -4.31. The summed E-state index contributed by atoms with van der Waals surface area (Å²) >= 11 is 0. The van der Waals surface area contributed by atoms with Gasteiger partial charge in [0.25, 0.3) is 5.91 Å². The van der Waals surface area contributed by atoms with Crippen LogP contribution in [0.25, 0.3) is 11.0 Å². The van der Waals surface area contributed by atoms with Gasteiger partial charge in [0.1, 0.15) is 5.58 Å². The van der Waals surface area contributed by atoms with E-state index in [0.717, 1.165) is 64.4 Å². The van der Waals surface area contributed by atoms with Crippen LogP contribution in [0.2, 0.25) is 0 Å². The molecule has 1 aromatic heterocycles. The molecule has 0 aliphatic carbocycles. The Morgan fingerprint density at radius 2 is 1.67 bits per heavy atom. The third-order valence-corrected chi connectivity index (χ3v) is 8.32. The molecule has 0 spiro atoms. The van der Waals surface area contributed by atoms with E-state index in [1.165, 1.54) is 0 Å². The minimum atomic E-state index is -0.604. The maximum atomic E-state index is 13.8. The summed E-state index contributed by atoms with van der Waals surface area (Å²) in [6, 6.07) is 21.6. The third kappa shape index (κ3) is 5.97. The SMILES string of the molecule is O=C(C1=C[C@H](c2coc3ccccc23)C[C@H](OCc2ccc(CO)cc2)O1)N1CCN(Cc2ccc3c(c2)OCO3)CC1. The van der Waals surface area contributed by atoms with Gasteiger partial charge in [-0.15, -0.1) is 0 Å². The standard InChI is InChI=1S/C34H34N2O7/c37-19-23-5-7-24(8-6-23)20-40-33-17-26(28-21-39-29-4-2-1-3-27(28)29)16-32(43-33)34(38)36-13-11-35(12-14-36)18-25-9-10-30-31(15-25)42-22-41-30/h1-10,15-16,21,26,33,37H,11-14,17-20,22H2/t26-,33+/m0/s1. The normalized spacial score (nSPS) is 20.2. The molecule has 0 unspecified atom stereocenters. The zero-order chi connectivity index (χ0) is 29.2. The van der Waals surface area contributed by atoms with Crippen molar-refractivity contribution in [2.24, 2.45) is 0 Å². The minimum absolute atomic E-state index is 0.00382. The van der Waals surface area contributed by atoms with E-state index in [2.05, 4.69) is 11.0 Å². The molecule has 3 aromatic carbocycles. The summed E-state index contributed by atoms with van der Waals surface area (Å²) in [4.78, 5) is 18.0. The number of allylic oxidation sites excluding steroid dienone is 1. The van der Waals surface area contributed by atoms with Crippen molar-refractivity contribution in [1.82, 2.24) is 9.80 Å². The smallest absolute Gasteiger partial charge is 0.288 e. The Balaban J connectivity index is 1.04. The highest BCUT2D eigenvalue weighted by molar-refractivity contribution is 5.92. The van der Waals surface area contributed by atoms with Crippen LogP contribution in [-0.4, -0.2) is 60.1 Å². The number of benzene rings is 3. The average Bonchev–Trinajstić information content (AvgIpc) is 3.71. The summed E-state index contributed by atoms with van der Waals surface area (Å²) in [5.74, 6) is 1.65. The average molecular weight is 583 g/mol. The van der Waals surface area contributed by atoms with Crippen molar-refractivity contribution in [1.29, 1.82) is 0 Å². The van der Waals surface area contributed by atoms with Crippen molar-refractivity contribution in [3.63, 3.8) is 0 Å². The topological polar surface area (TPSA) is 93.8 Å². The van der Waals surface area contributed by atoms with E-state index in [4.69, 9.17) is 23.4 Å². The van der Waals surface area contributed by atoms with Gasteiger partial charge in [0, 0.05) is 56.0 Å². The molecule has 0 saturated carbocycles. The predicted molar refractivity (Wildman–Crippen MR) is 158 cm³/mol. The van der Waals surface area contributed by atoms with Gasteiger partial charge >= 0.3 is 0 Å². The van der Waals surface area contributed by atoms with Gasteiger partial charge in [-0.2, -0.15) is 0 Å². The zero-order valence-corrected chi connectivity index (χ0v) is 23.8. The number of ether oxygens (including phenoxy) is 4. The molecule has 4 aromatic rings. The molecule has 1 fully saturated rings. The summed E-state index contributed by atoms with van der Waals surface area (Å²) in [6.07, 6.45) is 3.65. The lowest BCUT2D eigenvalue weighted by atomic mass is 9.92. The van der Waals surface area contributed by atoms with Gasteiger partial charge in [-0.1, -0.05) is 48.5 Å². The second kappa shape index (κ2) is 12.1. The number of nitrogens with zero attached hydrogens (tertiary/aromatic N) is 2. The molecule has 7 rings (SSSR count). The number of aliphatic hydroxyl groups excluding tert-OH is 1. The predicted octanol–water partition coefficient (Wildman–Crippen LogP) is 4.93. The molecule has 3 aliphatic heterocycles. The molecule has 43 heavy (non-hydrogen) atoms. The van der Waals surface area contributed by atoms with Crippen LogP contribution < -0.4 is 9.47 Å². The van der Waals surface area contributed by atoms with E-state index in [1.807, 2.05) is 71.6 Å². The van der Waals surface area contributed by atoms with Crippen LogP contribution in [-0.2, 0) is 34.0 Å². The quantitative estimate of drug-likeness (QED) is 0.313. The summed E-state index contributed by atoms with van der Waals surface area (Å²) in [5.41, 5.74) is 4.79. The summed E-state index contributed by atoms with van der Waals surface area (Å²) in [7, 11) is 0. The fourth-order valence-electron chi connectivity index (χ4n) is 5.91. The summed E-state index contributed by atoms with van der Waals surface area (Å²) in [5, 5.41) is 10.4. The number of rotatable bonds is 8. The van der Waals surface area contributed by atoms with Gasteiger partial charge in [0.2, 0.25) is 13.1 Å². The van der Waals surface area contributed by atoms with Crippen molar-refractivity contribution in [3.8, 4) is 11.5 Å². The molecule has 9 nitrogen and oxygen atoms in total. The van der Waals surface area contributed by atoms with Crippen LogP contribution >= 0.6 is 0 Å². The monoisotopic (exact) mass is 582 g/mol. The van der Waals surface area contributed by atoms with Crippen molar-refractivity contribution < 1.29 is 33.3 Å². The molecular weight excluding hydrogens is 548 g/mol. The number of amides is 1. The van der Waals surface area contributed by atoms with Crippen LogP contribution in [0.15, 0.2) is 89.2 Å². The van der Waals surface area contributed by atoms with Gasteiger partial charge in [-0.05, 0) is 41.0 Å². The van der Waals surface area contributed by atoms with Crippen LogP contribution in [0.3, 0.4) is 0 Å². The van der Waals surface area contributed by atoms with Gasteiger partial charge in [-0.3, -0.25) is 9.69 Å². The van der Waals surface area contributed by atoms with E-state index < -0.39 is 6.29 Å². The molecule has 3 aliphatic rings. The number of fused-ring (bicyclic) bond motifs is 2. The first-order valence-electron chi connectivity index (χ1n) is 14.7. The Kier molecular flexibility index (Phi) is 7.76. The number of aliphatic hydroxyl groups is 1. The Bertz CT molecular complexity index is 1620. The molecule has 1 saturated heterocycles. The summed E-state index contributed by atoms with van der Waals surface area (Å²) < 4.78 is 29.2. The molecule has 0 radical (unpaired) electrons. The summed E-state index contributed by atoms with van der Waals surface area (Å²) in [6.45, 7) is 4.09. The van der Waals surface area contributed by atoms with Gasteiger partial charge in [-0.25, -0.2) is 0 Å². The van der Waals surface area contributed by atoms with E-state index >= 15 is 0 Å². The first-order valence-corrected chi connectivity index (χ1v) is 14.7. The third-order valence-electron chi connectivity index (χ3n) is 8.32. The molecule has 2 atom stereocenters. The fourth-order valence-corrected chi connectivity index (χ4v) is 5.91. The van der Waals surface area contributed by atoms with Crippen molar-refractivity contribution >= 4 is 16.9 Å². The molecular formula is C34H34N2O7. The first kappa shape index (κ1) is 27.5. The fraction of sp³-hybridized carbons (Fsp3) is 0.324. The maximum Gasteiger partial charge on any atom is 0.288 e. The lowest BCUT2D eigenvalue weighted by molar-refractivity contribution is -0.157. The van der Waals surface area contributed by atoms with Crippen LogP contribution in [0.1, 0.15) is 34.6 Å². The first-order chi connectivity index (χ1) is 21.1. The van der Waals surface area contributed by atoms with Crippen molar-refractivity contribution in [3.05, 3.63) is 107 Å². The van der Waals surface area contributed by atoms with Gasteiger partial charge in [0.05, 0.1) is 19.5 Å².